The smallest absolute Gasteiger partial charge is 0.234 e. The van der Waals surface area contributed by atoms with Crippen LogP contribution in [0.15, 0.2) is 53.9 Å². The molecule has 134 valence electrons. The minimum absolute atomic E-state index is 0.194. The van der Waals surface area contributed by atoms with Crippen molar-refractivity contribution in [3.05, 3.63) is 70.0 Å². The predicted molar refractivity (Wildman–Crippen MR) is 109 cm³/mol. The average Bonchev–Trinajstić information content (AvgIpc) is 3.04. The lowest BCUT2D eigenvalue weighted by atomic mass is 10.1. The summed E-state index contributed by atoms with van der Waals surface area (Å²) in [5, 5.41) is 4.32. The first-order chi connectivity index (χ1) is 12.4. The van der Waals surface area contributed by atoms with Crippen LogP contribution in [0.1, 0.15) is 11.1 Å². The van der Waals surface area contributed by atoms with E-state index in [0.29, 0.717) is 15.7 Å². The minimum atomic E-state index is -0.194. The predicted octanol–water partition coefficient (Wildman–Crippen LogP) is 5.53. The molecule has 0 unspecified atom stereocenters. The number of amides is 1. The van der Waals surface area contributed by atoms with E-state index in [-0.39, 0.29) is 11.7 Å². The first-order valence-electron chi connectivity index (χ1n) is 7.93. The molecule has 0 atom stereocenters. The van der Waals surface area contributed by atoms with Gasteiger partial charge in [-0.2, -0.15) is 0 Å². The zero-order chi connectivity index (χ0) is 18.7. The van der Waals surface area contributed by atoms with Gasteiger partial charge in [-0.1, -0.05) is 47.1 Å². The lowest BCUT2D eigenvalue weighted by Gasteiger charge is -2.11. The van der Waals surface area contributed by atoms with E-state index in [4.69, 9.17) is 23.2 Å². The average molecular weight is 406 g/mol. The molecule has 0 spiro atoms. The van der Waals surface area contributed by atoms with Crippen molar-refractivity contribution in [3.63, 3.8) is 0 Å². The van der Waals surface area contributed by atoms with E-state index < -0.39 is 0 Å². The molecule has 2 aromatic carbocycles. The highest BCUT2D eigenvalue weighted by Gasteiger charge is 2.12. The molecule has 7 heteroatoms. The molecule has 3 rings (SSSR count). The largest absolute Gasteiger partial charge is 0.323 e. The van der Waals surface area contributed by atoms with Crippen LogP contribution in [0.5, 0.6) is 0 Å². The van der Waals surface area contributed by atoms with Crippen molar-refractivity contribution in [2.45, 2.75) is 19.0 Å². The van der Waals surface area contributed by atoms with Gasteiger partial charge < -0.3 is 5.32 Å². The van der Waals surface area contributed by atoms with E-state index in [9.17, 15) is 4.79 Å². The van der Waals surface area contributed by atoms with E-state index in [0.717, 1.165) is 10.8 Å². The molecule has 0 saturated carbocycles. The van der Waals surface area contributed by atoms with Crippen molar-refractivity contribution in [1.29, 1.82) is 0 Å². The Bertz CT molecular complexity index is 915. The molecular formula is C19H17Cl2N3OS. The van der Waals surface area contributed by atoms with Crippen LogP contribution in [-0.4, -0.2) is 21.2 Å². The van der Waals surface area contributed by atoms with Gasteiger partial charge in [0.15, 0.2) is 5.16 Å². The van der Waals surface area contributed by atoms with E-state index in [2.05, 4.69) is 42.3 Å². The molecule has 0 bridgehead atoms. The van der Waals surface area contributed by atoms with Crippen molar-refractivity contribution < 1.29 is 4.79 Å². The summed E-state index contributed by atoms with van der Waals surface area (Å²) in [7, 11) is 0. The number of hydrogen-bond donors (Lipinski definition) is 1. The van der Waals surface area contributed by atoms with Gasteiger partial charge in [0.05, 0.1) is 21.5 Å². The zero-order valence-corrected chi connectivity index (χ0v) is 16.6. The van der Waals surface area contributed by atoms with E-state index in [1.54, 1.807) is 24.4 Å². The normalized spacial score (nSPS) is 10.8. The number of aromatic nitrogens is 2. The van der Waals surface area contributed by atoms with Crippen LogP contribution in [0, 0.1) is 13.8 Å². The number of nitrogens with one attached hydrogen (secondary N) is 1. The quantitative estimate of drug-likeness (QED) is 0.567. The lowest BCUT2D eigenvalue weighted by molar-refractivity contribution is -0.113. The van der Waals surface area contributed by atoms with E-state index in [1.165, 1.54) is 22.9 Å². The van der Waals surface area contributed by atoms with Gasteiger partial charge in [-0.25, -0.2) is 4.98 Å². The summed E-state index contributed by atoms with van der Waals surface area (Å²) in [6.07, 6.45) is 3.61. The Balaban J connectivity index is 1.71. The summed E-state index contributed by atoms with van der Waals surface area (Å²) in [5.41, 5.74) is 3.81. The number of carbonyl (C=O) groups excluding carboxylic acids is 1. The van der Waals surface area contributed by atoms with Crippen LogP contribution in [0.25, 0.3) is 5.69 Å². The maximum absolute atomic E-state index is 12.3. The number of carbonyl (C=O) groups is 1. The van der Waals surface area contributed by atoms with Gasteiger partial charge in [0, 0.05) is 18.1 Å². The van der Waals surface area contributed by atoms with Gasteiger partial charge in [0.1, 0.15) is 0 Å². The SMILES string of the molecule is Cc1cc(C)cc(-n2ccnc2SCC(=O)Nc2c(Cl)cccc2Cl)c1. The van der Waals surface area contributed by atoms with Crippen LogP contribution < -0.4 is 5.32 Å². The first-order valence-corrected chi connectivity index (χ1v) is 9.67. The van der Waals surface area contributed by atoms with E-state index in [1.807, 2.05) is 10.8 Å². The maximum atomic E-state index is 12.3. The summed E-state index contributed by atoms with van der Waals surface area (Å²) in [6, 6.07) is 11.4. The number of anilines is 1. The number of halogens is 2. The lowest BCUT2D eigenvalue weighted by Crippen LogP contribution is -2.15. The zero-order valence-electron chi connectivity index (χ0n) is 14.3. The second kappa shape index (κ2) is 8.16. The molecule has 0 aliphatic rings. The van der Waals surface area contributed by atoms with Gasteiger partial charge in [-0.05, 0) is 49.2 Å². The second-order valence-corrected chi connectivity index (χ2v) is 7.62. The monoisotopic (exact) mass is 405 g/mol. The van der Waals surface area contributed by atoms with Gasteiger partial charge in [-0.3, -0.25) is 9.36 Å². The Hall–Kier alpha value is -1.95. The van der Waals surface area contributed by atoms with Gasteiger partial charge in [0.25, 0.3) is 0 Å². The van der Waals surface area contributed by atoms with Crippen molar-refractivity contribution in [1.82, 2.24) is 9.55 Å². The molecular weight excluding hydrogens is 389 g/mol. The second-order valence-electron chi connectivity index (χ2n) is 5.86. The molecule has 0 aliphatic carbocycles. The third kappa shape index (κ3) is 4.41. The molecule has 1 aromatic heterocycles. The number of thioether (sulfide) groups is 1. The summed E-state index contributed by atoms with van der Waals surface area (Å²) >= 11 is 13.5. The Morgan fingerprint density at radius 3 is 2.46 bits per heavy atom. The molecule has 4 nitrogen and oxygen atoms in total. The first kappa shape index (κ1) is 18.8. The van der Waals surface area contributed by atoms with Crippen LogP contribution in [0.3, 0.4) is 0 Å². The summed E-state index contributed by atoms with van der Waals surface area (Å²) < 4.78 is 1.97. The van der Waals surface area contributed by atoms with Gasteiger partial charge in [0.2, 0.25) is 5.91 Å². The maximum Gasteiger partial charge on any atom is 0.234 e. The molecule has 1 heterocycles. The summed E-state index contributed by atoms with van der Waals surface area (Å²) in [5.74, 6) is 0.00331. The molecule has 0 radical (unpaired) electrons. The molecule has 0 aliphatic heterocycles. The van der Waals surface area contributed by atoms with Crippen LogP contribution in [-0.2, 0) is 4.79 Å². The number of para-hydroxylation sites is 1. The number of rotatable bonds is 5. The number of aryl methyl sites for hydroxylation is 2. The highest BCUT2D eigenvalue weighted by atomic mass is 35.5. The third-order valence-electron chi connectivity index (χ3n) is 3.65. The van der Waals surface area contributed by atoms with Gasteiger partial charge >= 0.3 is 0 Å². The summed E-state index contributed by atoms with van der Waals surface area (Å²) in [6.45, 7) is 4.11. The standard InChI is InChI=1S/C19H17Cl2N3OS/c1-12-8-13(2)10-14(9-12)24-7-6-22-19(24)26-11-17(25)23-18-15(20)4-3-5-16(18)21/h3-10H,11H2,1-2H3,(H,23,25). The van der Waals surface area contributed by atoms with Crippen molar-refractivity contribution in [3.8, 4) is 5.69 Å². The van der Waals surface area contributed by atoms with Crippen molar-refractivity contribution in [2.24, 2.45) is 0 Å². The highest BCUT2D eigenvalue weighted by molar-refractivity contribution is 7.99. The van der Waals surface area contributed by atoms with E-state index >= 15 is 0 Å². The fourth-order valence-electron chi connectivity index (χ4n) is 2.61. The Morgan fingerprint density at radius 2 is 1.81 bits per heavy atom. The molecule has 0 fully saturated rings. The summed E-state index contributed by atoms with van der Waals surface area (Å²) in [4.78, 5) is 16.6. The Kier molecular flexibility index (Phi) is 5.91. The number of hydrogen-bond acceptors (Lipinski definition) is 3. The minimum Gasteiger partial charge on any atom is -0.323 e. The van der Waals surface area contributed by atoms with Crippen molar-refractivity contribution >= 4 is 46.6 Å². The number of imidazole rings is 1. The fourth-order valence-corrected chi connectivity index (χ4v) is 3.87. The highest BCUT2D eigenvalue weighted by Crippen LogP contribution is 2.30. The molecule has 0 saturated heterocycles. The van der Waals surface area contributed by atoms with Crippen LogP contribution >= 0.6 is 35.0 Å². The molecule has 1 N–H and O–H groups in total. The fraction of sp³-hybridized carbons (Fsp3) is 0.158. The molecule has 1 amide bonds. The molecule has 26 heavy (non-hydrogen) atoms. The molecule has 3 aromatic rings. The number of nitrogens with zero attached hydrogens (tertiary/aromatic N) is 2. The van der Waals surface area contributed by atoms with Crippen molar-refractivity contribution in [2.75, 3.05) is 11.1 Å². The Labute approximate surface area is 166 Å². The van der Waals surface area contributed by atoms with Gasteiger partial charge in [-0.15, -0.1) is 0 Å². The topological polar surface area (TPSA) is 46.9 Å². The third-order valence-corrected chi connectivity index (χ3v) is 5.25. The van der Waals surface area contributed by atoms with Crippen LogP contribution in [0.2, 0.25) is 10.0 Å². The van der Waals surface area contributed by atoms with Crippen LogP contribution in [0.4, 0.5) is 5.69 Å². The number of benzene rings is 2. The Morgan fingerprint density at radius 1 is 1.15 bits per heavy atom.